The number of hydrogen-bond acceptors (Lipinski definition) is 17. The summed E-state index contributed by atoms with van der Waals surface area (Å²) in [5.41, 5.74) is 0.351. The average molecular weight is 702 g/mol. The molecule has 0 radical (unpaired) electrons. The fourth-order valence-electron chi connectivity index (χ4n) is 5.51. The molecule has 3 aliphatic rings. The first-order valence-corrected chi connectivity index (χ1v) is 14.7. The molecular formula is C30H37O19+. The third-order valence-electron chi connectivity index (χ3n) is 8.13. The molecule has 270 valence electrons. The lowest BCUT2D eigenvalue weighted by Crippen LogP contribution is -2.60. The van der Waals surface area contributed by atoms with E-state index in [0.29, 0.717) is 0 Å². The van der Waals surface area contributed by atoms with Crippen LogP contribution in [-0.4, -0.2) is 151 Å². The molecule has 49 heavy (non-hydrogen) atoms. The van der Waals surface area contributed by atoms with Gasteiger partial charge in [0.2, 0.25) is 18.3 Å². The van der Waals surface area contributed by atoms with Crippen molar-refractivity contribution in [1.29, 1.82) is 0 Å². The van der Waals surface area contributed by atoms with Gasteiger partial charge in [0.1, 0.15) is 72.5 Å². The zero-order valence-corrected chi connectivity index (χ0v) is 25.8. The average Bonchev–Trinajstić information content (AvgIpc) is 3.08. The summed E-state index contributed by atoms with van der Waals surface area (Å²) < 4.78 is 42.6. The van der Waals surface area contributed by atoms with Crippen molar-refractivity contribution in [2.45, 2.75) is 67.5 Å². The summed E-state index contributed by atoms with van der Waals surface area (Å²) in [6, 6.07) is 5.14. The molecule has 5 rings (SSSR count). The Balaban J connectivity index is 1.56. The maximum absolute atomic E-state index is 10.9. The smallest absolute Gasteiger partial charge is 0.505 e. The van der Waals surface area contributed by atoms with Crippen LogP contribution in [0.2, 0.25) is 0 Å². The monoisotopic (exact) mass is 701 g/mol. The van der Waals surface area contributed by atoms with Crippen LogP contribution in [-0.2, 0) is 18.9 Å². The maximum Gasteiger partial charge on any atom is 0.505 e. The first-order chi connectivity index (χ1) is 23.3. The highest BCUT2D eigenvalue weighted by Gasteiger charge is 2.48. The largest absolute Gasteiger partial charge is 0.571 e. The highest BCUT2D eigenvalue weighted by atomic mass is 16.7. The SMILES string of the molecule is COc1cc(C2[OH+]c3cc(O)cc(O[C@@H]4O[C@H](COC(=O)O)[C@@H](O)[C@H](O)[C@H]4O)c3C=C2O[C@@H]2O[C@H](CO)[C@@H](O)[C@H](O)[C@H]2O)cc(OC)c1O. The van der Waals surface area contributed by atoms with Gasteiger partial charge in [-0.25, -0.2) is 4.79 Å². The minimum atomic E-state index is -1.88. The number of aliphatic hydroxyl groups excluding tert-OH is 7. The molecule has 2 aromatic carbocycles. The number of phenols is 2. The van der Waals surface area contributed by atoms with Crippen LogP contribution in [0.15, 0.2) is 30.0 Å². The first kappa shape index (κ1) is 36.0. The number of carboxylic acid groups (broad SMARTS) is 1. The Morgan fingerprint density at radius 1 is 0.776 bits per heavy atom. The van der Waals surface area contributed by atoms with Crippen molar-refractivity contribution in [1.82, 2.24) is 0 Å². The number of aromatic hydroxyl groups is 3. The first-order valence-electron chi connectivity index (χ1n) is 14.7. The Morgan fingerprint density at radius 2 is 1.35 bits per heavy atom. The third kappa shape index (κ3) is 7.20. The Morgan fingerprint density at radius 3 is 1.92 bits per heavy atom. The summed E-state index contributed by atoms with van der Waals surface area (Å²) >= 11 is 0. The van der Waals surface area contributed by atoms with Gasteiger partial charge in [0, 0.05) is 12.1 Å². The fraction of sp³-hybridized carbons (Fsp3) is 0.500. The van der Waals surface area contributed by atoms with E-state index in [2.05, 4.69) is 9.47 Å². The summed E-state index contributed by atoms with van der Waals surface area (Å²) in [5, 5.41) is 102. The third-order valence-corrected chi connectivity index (χ3v) is 8.13. The van der Waals surface area contributed by atoms with Crippen molar-refractivity contribution in [3.63, 3.8) is 0 Å². The van der Waals surface area contributed by atoms with Gasteiger partial charge < -0.3 is 89.0 Å². The Hall–Kier alpha value is -4.31. The second-order valence-electron chi connectivity index (χ2n) is 11.3. The predicted molar refractivity (Wildman–Crippen MR) is 158 cm³/mol. The van der Waals surface area contributed by atoms with Gasteiger partial charge in [-0.2, -0.15) is 0 Å². The molecule has 3 aliphatic heterocycles. The van der Waals surface area contributed by atoms with Crippen molar-refractivity contribution >= 4 is 12.2 Å². The quantitative estimate of drug-likeness (QED) is 0.0960. The lowest BCUT2D eigenvalue weighted by Gasteiger charge is -2.41. The summed E-state index contributed by atoms with van der Waals surface area (Å²) in [6.45, 7) is -1.47. The molecule has 2 saturated heterocycles. The number of fused-ring (bicyclic) bond motifs is 1. The van der Waals surface area contributed by atoms with E-state index in [1.54, 1.807) is 0 Å². The number of ether oxygens (including phenoxy) is 8. The van der Waals surface area contributed by atoms with Crippen LogP contribution < -0.4 is 14.2 Å². The van der Waals surface area contributed by atoms with Gasteiger partial charge in [-0.05, 0) is 12.1 Å². The maximum atomic E-state index is 10.9. The van der Waals surface area contributed by atoms with Crippen molar-refractivity contribution in [2.75, 3.05) is 27.4 Å². The summed E-state index contributed by atoms with van der Waals surface area (Å²) in [5.74, 6) is -1.04. The van der Waals surface area contributed by atoms with E-state index in [0.717, 1.165) is 6.07 Å². The molecule has 0 saturated carbocycles. The number of phenolic OH excluding ortho intramolecular Hbond substituents is 2. The molecule has 0 aromatic heterocycles. The van der Waals surface area contributed by atoms with Crippen LogP contribution in [0.4, 0.5) is 4.79 Å². The lowest BCUT2D eigenvalue weighted by atomic mass is 9.98. The second kappa shape index (κ2) is 14.7. The Kier molecular flexibility index (Phi) is 10.8. The molecule has 1 unspecified atom stereocenters. The van der Waals surface area contributed by atoms with E-state index in [1.807, 2.05) is 0 Å². The minimum absolute atomic E-state index is 0.0203. The normalized spacial score (nSPS) is 32.6. The van der Waals surface area contributed by atoms with Crippen LogP contribution in [0.5, 0.6) is 34.5 Å². The molecule has 0 aliphatic carbocycles. The molecule has 19 nitrogen and oxygen atoms in total. The van der Waals surface area contributed by atoms with Gasteiger partial charge in [-0.15, -0.1) is 0 Å². The predicted octanol–water partition coefficient (Wildman–Crippen LogP) is -1.85. The molecule has 2 aromatic rings. The van der Waals surface area contributed by atoms with Crippen LogP contribution in [0.1, 0.15) is 17.2 Å². The van der Waals surface area contributed by atoms with E-state index < -0.39 is 86.9 Å². The number of rotatable bonds is 10. The molecule has 0 spiro atoms. The minimum Gasteiger partial charge on any atom is -0.571 e. The molecule has 0 bridgehead atoms. The lowest BCUT2D eigenvalue weighted by molar-refractivity contribution is -0.295. The summed E-state index contributed by atoms with van der Waals surface area (Å²) in [7, 11) is 2.59. The van der Waals surface area contributed by atoms with Crippen molar-refractivity contribution in [3.8, 4) is 34.5 Å². The van der Waals surface area contributed by atoms with E-state index in [-0.39, 0.29) is 51.4 Å². The number of methoxy groups -OCH3 is 2. The van der Waals surface area contributed by atoms with Gasteiger partial charge >= 0.3 is 6.16 Å². The van der Waals surface area contributed by atoms with Crippen LogP contribution in [0, 0.1) is 0 Å². The topological polar surface area (TPSA) is 297 Å². The van der Waals surface area contributed by atoms with E-state index in [4.69, 9.17) is 33.5 Å². The number of hydrogen-bond donors (Lipinski definition) is 10. The zero-order chi connectivity index (χ0) is 35.7. The van der Waals surface area contributed by atoms with Gasteiger partial charge in [-0.3, -0.25) is 0 Å². The second-order valence-corrected chi connectivity index (χ2v) is 11.3. The van der Waals surface area contributed by atoms with Gasteiger partial charge in [-0.1, -0.05) is 0 Å². The van der Waals surface area contributed by atoms with E-state index in [1.165, 1.54) is 38.5 Å². The summed E-state index contributed by atoms with van der Waals surface area (Å²) in [4.78, 5) is 10.9. The number of aliphatic hydroxyl groups is 8. The zero-order valence-electron chi connectivity index (χ0n) is 25.8. The standard InChI is InChI=1S/C30H36O19/c1-42-15-3-10(4-16(43-2)20(15)33)27-17(47-29-25(38)23(36)21(34)18(8-31)48-29)7-12-13(45-27)5-11(32)6-14(12)46-28-26(39)24(37)22(35)19(49-28)9-44-30(40)41/h3-7,18-19,21-29,31-39H,8-9H2,1-2H3,(H,40,41)/p+1/t18-,19-,21-,22-,23+,24+,25-,26-,27?,28-,29-/m1/s1. The van der Waals surface area contributed by atoms with Gasteiger partial charge in [0.05, 0.1) is 32.5 Å². The van der Waals surface area contributed by atoms with Gasteiger partial charge in [0.15, 0.2) is 17.3 Å². The van der Waals surface area contributed by atoms with E-state index >= 15 is 0 Å². The van der Waals surface area contributed by atoms with Crippen molar-refractivity contribution in [2.24, 2.45) is 0 Å². The highest BCUT2D eigenvalue weighted by Crippen LogP contribution is 2.48. The molecule has 3 heterocycles. The summed E-state index contributed by atoms with van der Waals surface area (Å²) in [6.07, 6.45) is -18.6. The van der Waals surface area contributed by atoms with Crippen LogP contribution >= 0.6 is 0 Å². The molecule has 11 atom stereocenters. The molecule has 19 heteroatoms. The molecular weight excluding hydrogens is 664 g/mol. The fourth-order valence-corrected chi connectivity index (χ4v) is 5.51. The van der Waals surface area contributed by atoms with Crippen molar-refractivity contribution in [3.05, 3.63) is 41.2 Å². The van der Waals surface area contributed by atoms with Gasteiger partial charge in [0.25, 0.3) is 11.9 Å². The molecule has 0 amide bonds. The van der Waals surface area contributed by atoms with Crippen LogP contribution in [0.3, 0.4) is 0 Å². The molecule has 2 fully saturated rings. The Labute approximate surface area is 276 Å². The highest BCUT2D eigenvalue weighted by molar-refractivity contribution is 5.70. The van der Waals surface area contributed by atoms with E-state index in [9.17, 15) is 50.8 Å². The number of carbonyl (C=O) groups is 1. The van der Waals surface area contributed by atoms with Crippen LogP contribution in [0.25, 0.3) is 6.08 Å². The van der Waals surface area contributed by atoms with Crippen molar-refractivity contribution < 1.29 is 93.8 Å². The Bertz CT molecular complexity index is 1500. The molecule has 11 N–H and O–H groups in total. The number of benzene rings is 2.